The van der Waals surface area contributed by atoms with E-state index in [0.29, 0.717) is 32.7 Å². The van der Waals surface area contributed by atoms with Gasteiger partial charge in [0.05, 0.1) is 12.3 Å². The van der Waals surface area contributed by atoms with E-state index in [4.69, 9.17) is 4.74 Å². The molecule has 1 aromatic rings. The van der Waals surface area contributed by atoms with Crippen LogP contribution in [0.15, 0.2) is 18.2 Å². The average molecular weight is 264 g/mol. The fourth-order valence-electron chi connectivity index (χ4n) is 2.50. The molecule has 0 spiro atoms. The Kier molecular flexibility index (Phi) is 4.17. The van der Waals surface area contributed by atoms with E-state index in [0.717, 1.165) is 11.4 Å². The molecule has 0 aliphatic carbocycles. The predicted octanol–water partition coefficient (Wildman–Crippen LogP) is 1.31. The van der Waals surface area contributed by atoms with Gasteiger partial charge >= 0.3 is 5.97 Å². The van der Waals surface area contributed by atoms with Gasteiger partial charge in [-0.1, -0.05) is 6.07 Å². The van der Waals surface area contributed by atoms with E-state index in [1.165, 1.54) is 0 Å². The van der Waals surface area contributed by atoms with Gasteiger partial charge in [0.1, 0.15) is 5.41 Å². The van der Waals surface area contributed by atoms with Crippen molar-refractivity contribution in [1.29, 1.82) is 0 Å². The number of carboxylic acids is 1. The lowest BCUT2D eigenvalue weighted by molar-refractivity contribution is -0.150. The lowest BCUT2D eigenvalue weighted by Crippen LogP contribution is -2.42. The van der Waals surface area contributed by atoms with Crippen LogP contribution in [0.4, 0.5) is 0 Å². The molecule has 1 aromatic heterocycles. The molecule has 5 heteroatoms. The first-order valence-corrected chi connectivity index (χ1v) is 6.44. The summed E-state index contributed by atoms with van der Waals surface area (Å²) in [5.41, 5.74) is 1.17. The van der Waals surface area contributed by atoms with Crippen molar-refractivity contribution < 1.29 is 14.6 Å². The Morgan fingerprint density at radius 1 is 1.58 bits per heavy atom. The van der Waals surface area contributed by atoms with E-state index in [-0.39, 0.29) is 0 Å². The molecule has 1 aliphatic heterocycles. The molecule has 2 rings (SSSR count). The summed E-state index contributed by atoms with van der Waals surface area (Å²) in [6.45, 7) is 3.92. The minimum absolute atomic E-state index is 0.300. The second-order valence-electron chi connectivity index (χ2n) is 5.33. The fourth-order valence-corrected chi connectivity index (χ4v) is 2.50. The summed E-state index contributed by atoms with van der Waals surface area (Å²) in [5.74, 6) is -0.769. The van der Waals surface area contributed by atoms with Crippen molar-refractivity contribution in [3.05, 3.63) is 29.6 Å². The van der Waals surface area contributed by atoms with Crippen LogP contribution < -0.4 is 0 Å². The quantitative estimate of drug-likeness (QED) is 0.869. The van der Waals surface area contributed by atoms with Crippen molar-refractivity contribution in [2.24, 2.45) is 5.41 Å². The van der Waals surface area contributed by atoms with Crippen LogP contribution in [-0.4, -0.2) is 47.8 Å². The summed E-state index contributed by atoms with van der Waals surface area (Å²) in [6, 6.07) is 5.88. The maximum atomic E-state index is 11.4. The van der Waals surface area contributed by atoms with Gasteiger partial charge in [0.25, 0.3) is 0 Å². The molecular weight excluding hydrogens is 244 g/mol. The zero-order chi connectivity index (χ0) is 13.9. The first-order chi connectivity index (χ1) is 9.02. The molecule has 1 saturated heterocycles. The number of carboxylic acid groups (broad SMARTS) is 1. The SMILES string of the molecule is Cc1cccc(CN(C)CC2(C(=O)O)CCOC2)n1. The molecule has 0 amide bonds. The number of aryl methyl sites for hydroxylation is 1. The Bertz CT molecular complexity index is 456. The molecule has 5 nitrogen and oxygen atoms in total. The van der Waals surface area contributed by atoms with E-state index in [9.17, 15) is 9.90 Å². The largest absolute Gasteiger partial charge is 0.481 e. The van der Waals surface area contributed by atoms with Gasteiger partial charge in [-0.15, -0.1) is 0 Å². The number of pyridine rings is 1. The van der Waals surface area contributed by atoms with Crippen molar-refractivity contribution in [2.75, 3.05) is 26.8 Å². The second-order valence-corrected chi connectivity index (χ2v) is 5.33. The number of carbonyl (C=O) groups is 1. The fraction of sp³-hybridized carbons (Fsp3) is 0.571. The molecule has 1 fully saturated rings. The van der Waals surface area contributed by atoms with Crippen LogP contribution in [0, 0.1) is 12.3 Å². The molecule has 2 heterocycles. The number of nitrogens with zero attached hydrogens (tertiary/aromatic N) is 2. The van der Waals surface area contributed by atoms with Crippen LogP contribution in [0.3, 0.4) is 0 Å². The topological polar surface area (TPSA) is 62.7 Å². The van der Waals surface area contributed by atoms with Gasteiger partial charge < -0.3 is 9.84 Å². The summed E-state index contributed by atoms with van der Waals surface area (Å²) in [4.78, 5) is 17.9. The van der Waals surface area contributed by atoms with E-state index >= 15 is 0 Å². The second kappa shape index (κ2) is 5.67. The van der Waals surface area contributed by atoms with Crippen LogP contribution in [0.25, 0.3) is 0 Å². The first-order valence-electron chi connectivity index (χ1n) is 6.44. The zero-order valence-corrected chi connectivity index (χ0v) is 11.4. The van der Waals surface area contributed by atoms with Gasteiger partial charge in [0.2, 0.25) is 0 Å². The molecule has 1 N–H and O–H groups in total. The third-order valence-corrected chi connectivity index (χ3v) is 3.51. The van der Waals surface area contributed by atoms with Crippen LogP contribution in [0.2, 0.25) is 0 Å². The van der Waals surface area contributed by atoms with E-state index in [1.807, 2.05) is 37.1 Å². The molecule has 19 heavy (non-hydrogen) atoms. The van der Waals surface area contributed by atoms with Crippen molar-refractivity contribution >= 4 is 5.97 Å². The zero-order valence-electron chi connectivity index (χ0n) is 11.4. The first kappa shape index (κ1) is 14.0. The van der Waals surface area contributed by atoms with Gasteiger partial charge in [0.15, 0.2) is 0 Å². The number of rotatable bonds is 5. The molecule has 0 bridgehead atoms. The van der Waals surface area contributed by atoms with Gasteiger partial charge in [0, 0.05) is 25.4 Å². The summed E-state index contributed by atoms with van der Waals surface area (Å²) in [5, 5.41) is 9.40. The normalized spacial score (nSPS) is 22.9. The lowest BCUT2D eigenvalue weighted by Gasteiger charge is -2.28. The van der Waals surface area contributed by atoms with Crippen LogP contribution in [0.1, 0.15) is 17.8 Å². The van der Waals surface area contributed by atoms with E-state index in [2.05, 4.69) is 4.98 Å². The van der Waals surface area contributed by atoms with Crippen molar-refractivity contribution in [3.8, 4) is 0 Å². The smallest absolute Gasteiger partial charge is 0.313 e. The standard InChI is InChI=1S/C14H20N2O3/c1-11-4-3-5-12(15-11)8-16(2)9-14(13(17)18)6-7-19-10-14/h3-5H,6-10H2,1-2H3,(H,17,18). The molecule has 1 unspecified atom stereocenters. The lowest BCUT2D eigenvalue weighted by atomic mass is 9.87. The summed E-state index contributed by atoms with van der Waals surface area (Å²) in [6.07, 6.45) is 0.577. The molecule has 1 aliphatic rings. The summed E-state index contributed by atoms with van der Waals surface area (Å²) >= 11 is 0. The van der Waals surface area contributed by atoms with Crippen molar-refractivity contribution in [2.45, 2.75) is 19.9 Å². The highest BCUT2D eigenvalue weighted by atomic mass is 16.5. The van der Waals surface area contributed by atoms with Crippen LogP contribution in [0.5, 0.6) is 0 Å². The minimum Gasteiger partial charge on any atom is -0.481 e. The number of hydrogen-bond donors (Lipinski definition) is 1. The molecule has 0 aromatic carbocycles. The minimum atomic E-state index is -0.769. The highest BCUT2D eigenvalue weighted by Crippen LogP contribution is 2.30. The maximum absolute atomic E-state index is 11.4. The number of aliphatic carboxylic acids is 1. The van der Waals surface area contributed by atoms with Gasteiger partial charge in [-0.3, -0.25) is 14.7 Å². The van der Waals surface area contributed by atoms with Crippen molar-refractivity contribution in [3.63, 3.8) is 0 Å². The Hall–Kier alpha value is -1.46. The highest BCUT2D eigenvalue weighted by molar-refractivity contribution is 5.75. The van der Waals surface area contributed by atoms with Gasteiger partial charge in [-0.05, 0) is 32.5 Å². The Morgan fingerprint density at radius 3 is 2.95 bits per heavy atom. The summed E-state index contributed by atoms with van der Waals surface area (Å²) < 4.78 is 5.27. The van der Waals surface area contributed by atoms with E-state index in [1.54, 1.807) is 0 Å². The van der Waals surface area contributed by atoms with Crippen molar-refractivity contribution in [1.82, 2.24) is 9.88 Å². The Labute approximate surface area is 113 Å². The maximum Gasteiger partial charge on any atom is 0.313 e. The van der Waals surface area contributed by atoms with E-state index < -0.39 is 11.4 Å². The predicted molar refractivity (Wildman–Crippen MR) is 70.8 cm³/mol. The number of hydrogen-bond acceptors (Lipinski definition) is 4. The molecule has 0 radical (unpaired) electrons. The van der Waals surface area contributed by atoms with Crippen LogP contribution in [-0.2, 0) is 16.1 Å². The Balaban J connectivity index is 2.00. The summed E-state index contributed by atoms with van der Waals surface area (Å²) in [7, 11) is 1.92. The molecule has 104 valence electrons. The highest BCUT2D eigenvalue weighted by Gasteiger charge is 2.43. The molecule has 0 saturated carbocycles. The molecule has 1 atom stereocenters. The third kappa shape index (κ3) is 3.30. The van der Waals surface area contributed by atoms with Gasteiger partial charge in [-0.25, -0.2) is 0 Å². The third-order valence-electron chi connectivity index (χ3n) is 3.51. The van der Waals surface area contributed by atoms with Gasteiger partial charge in [-0.2, -0.15) is 0 Å². The monoisotopic (exact) mass is 264 g/mol. The molecular formula is C14H20N2O3. The Morgan fingerprint density at radius 2 is 2.37 bits per heavy atom. The van der Waals surface area contributed by atoms with Crippen LogP contribution >= 0.6 is 0 Å². The average Bonchev–Trinajstić information content (AvgIpc) is 2.78. The number of ether oxygens (including phenoxy) is 1. The number of aromatic nitrogens is 1.